The fourth-order valence-electron chi connectivity index (χ4n) is 5.32. The molecule has 0 aliphatic carbocycles. The number of methoxy groups -OCH3 is 1. The van der Waals surface area contributed by atoms with Crippen LogP contribution in [0.3, 0.4) is 0 Å². The molecule has 1 saturated heterocycles. The highest BCUT2D eigenvalue weighted by Crippen LogP contribution is 2.41. The second kappa shape index (κ2) is 13.2. The number of piperidine rings is 1. The van der Waals surface area contributed by atoms with Crippen LogP contribution in [0.2, 0.25) is 10.0 Å². The Kier molecular flexibility index (Phi) is 9.99. The Balaban J connectivity index is 1.30. The van der Waals surface area contributed by atoms with Crippen LogP contribution in [-0.4, -0.2) is 53.5 Å². The number of fused-ring (bicyclic) bond motifs is 1. The molecule has 0 spiro atoms. The van der Waals surface area contributed by atoms with Gasteiger partial charge in [-0.25, -0.2) is 0 Å². The van der Waals surface area contributed by atoms with Gasteiger partial charge in [0, 0.05) is 21.5 Å². The molecule has 5 nitrogen and oxygen atoms in total. The van der Waals surface area contributed by atoms with Crippen molar-refractivity contribution in [3.05, 3.63) is 64.3 Å². The van der Waals surface area contributed by atoms with Crippen LogP contribution in [-0.2, 0) is 11.2 Å². The third kappa shape index (κ3) is 7.76. The van der Waals surface area contributed by atoms with Crippen LogP contribution in [0.25, 0.3) is 10.9 Å². The minimum absolute atomic E-state index is 0.159. The molecule has 0 saturated carbocycles. The second-order valence-corrected chi connectivity index (χ2v) is 11.9. The van der Waals surface area contributed by atoms with E-state index < -0.39 is 5.97 Å². The van der Waals surface area contributed by atoms with Gasteiger partial charge in [0.25, 0.3) is 0 Å². The molecular weight excluding hydrogens is 527 g/mol. The molecule has 8 heteroatoms. The summed E-state index contributed by atoms with van der Waals surface area (Å²) in [6.45, 7) is 2.95. The lowest BCUT2D eigenvalue weighted by molar-refractivity contribution is -0.140. The molecule has 0 bridgehead atoms. The normalized spacial score (nSPS) is 15.6. The van der Waals surface area contributed by atoms with Crippen LogP contribution in [0.5, 0.6) is 5.75 Å². The van der Waals surface area contributed by atoms with Gasteiger partial charge in [0.2, 0.25) is 0 Å². The number of aliphatic carboxylic acids is 1. The fraction of sp³-hybridized carbons (Fsp3) is 0.448. The SMILES string of the molecule is COc1ccc2ncc(Cl)c(CCCC3(CC(=O)O)CCN(CCCSc4ccc(Cl)cc4)CC3)c2c1. The number of halogens is 2. The van der Waals surface area contributed by atoms with Crippen molar-refractivity contribution in [2.75, 3.05) is 32.5 Å². The molecule has 0 atom stereocenters. The number of hydrogen-bond acceptors (Lipinski definition) is 5. The van der Waals surface area contributed by atoms with E-state index in [1.807, 2.05) is 42.1 Å². The third-order valence-electron chi connectivity index (χ3n) is 7.41. The van der Waals surface area contributed by atoms with Crippen molar-refractivity contribution in [1.82, 2.24) is 9.88 Å². The summed E-state index contributed by atoms with van der Waals surface area (Å²) in [5.41, 5.74) is 1.79. The molecule has 2 aromatic carbocycles. The third-order valence-corrected chi connectivity index (χ3v) is 9.09. The van der Waals surface area contributed by atoms with Crippen molar-refractivity contribution in [3.8, 4) is 5.75 Å². The first-order chi connectivity index (χ1) is 17.9. The lowest BCUT2D eigenvalue weighted by Gasteiger charge is -2.41. The fourth-order valence-corrected chi connectivity index (χ4v) is 6.53. The predicted octanol–water partition coefficient (Wildman–Crippen LogP) is 7.61. The quantitative estimate of drug-likeness (QED) is 0.181. The number of carbonyl (C=O) groups is 1. The van der Waals surface area contributed by atoms with Crippen LogP contribution < -0.4 is 4.74 Å². The Morgan fingerprint density at radius 1 is 1.14 bits per heavy atom. The molecule has 1 fully saturated rings. The zero-order chi connectivity index (χ0) is 26.3. The standard InChI is InChI=1S/C29H34Cl2N2O3S/c1-36-22-7-10-27-25(18-22)24(26(31)20-32-27)4-2-11-29(19-28(34)35)12-15-33(16-13-29)14-3-17-37-23-8-5-21(30)6-9-23/h5-10,18,20H,2-4,11-17,19H2,1H3,(H,34,35). The van der Waals surface area contributed by atoms with E-state index in [2.05, 4.69) is 22.0 Å². The minimum Gasteiger partial charge on any atom is -0.497 e. The molecule has 0 amide bonds. The van der Waals surface area contributed by atoms with Crippen molar-refractivity contribution >= 4 is 51.8 Å². The maximum absolute atomic E-state index is 11.8. The van der Waals surface area contributed by atoms with Gasteiger partial charge in [0.1, 0.15) is 5.75 Å². The summed E-state index contributed by atoms with van der Waals surface area (Å²) in [7, 11) is 1.65. The van der Waals surface area contributed by atoms with Gasteiger partial charge in [-0.2, -0.15) is 0 Å². The Hall–Kier alpha value is -1.99. The van der Waals surface area contributed by atoms with E-state index in [0.29, 0.717) is 5.02 Å². The van der Waals surface area contributed by atoms with Crippen molar-refractivity contribution in [1.29, 1.82) is 0 Å². The molecule has 2 heterocycles. The number of rotatable bonds is 12. The van der Waals surface area contributed by atoms with E-state index in [0.717, 1.165) is 91.2 Å². The minimum atomic E-state index is -0.704. The maximum atomic E-state index is 11.8. The molecule has 4 rings (SSSR count). The first-order valence-electron chi connectivity index (χ1n) is 12.8. The Labute approximate surface area is 233 Å². The summed E-state index contributed by atoms with van der Waals surface area (Å²) in [5.74, 6) is 1.13. The summed E-state index contributed by atoms with van der Waals surface area (Å²) >= 11 is 14.4. The molecule has 1 aliphatic rings. The largest absolute Gasteiger partial charge is 0.497 e. The van der Waals surface area contributed by atoms with Crippen LogP contribution in [0.4, 0.5) is 0 Å². The molecule has 1 aromatic heterocycles. The summed E-state index contributed by atoms with van der Waals surface area (Å²) in [6, 6.07) is 13.8. The number of aryl methyl sites for hydroxylation is 1. The van der Waals surface area contributed by atoms with Crippen LogP contribution in [0, 0.1) is 5.41 Å². The van der Waals surface area contributed by atoms with Crippen LogP contribution >= 0.6 is 35.0 Å². The predicted molar refractivity (Wildman–Crippen MR) is 153 cm³/mol. The number of carboxylic acid groups (broad SMARTS) is 1. The van der Waals surface area contributed by atoms with Gasteiger partial charge in [-0.15, -0.1) is 11.8 Å². The van der Waals surface area contributed by atoms with Crippen LogP contribution in [0.15, 0.2) is 53.6 Å². The summed E-state index contributed by atoms with van der Waals surface area (Å²) in [4.78, 5) is 20.0. The number of benzene rings is 2. The Morgan fingerprint density at radius 3 is 2.59 bits per heavy atom. The molecule has 1 aliphatic heterocycles. The summed E-state index contributed by atoms with van der Waals surface area (Å²) < 4.78 is 5.40. The van der Waals surface area contributed by atoms with Gasteiger partial charge in [-0.05, 0) is 117 Å². The van der Waals surface area contributed by atoms with Gasteiger partial charge in [0.05, 0.1) is 24.1 Å². The molecule has 1 N–H and O–H groups in total. The first-order valence-corrected chi connectivity index (χ1v) is 14.6. The van der Waals surface area contributed by atoms with E-state index >= 15 is 0 Å². The van der Waals surface area contributed by atoms with Gasteiger partial charge < -0.3 is 14.7 Å². The average Bonchev–Trinajstić information content (AvgIpc) is 2.89. The van der Waals surface area contributed by atoms with Crippen molar-refractivity contribution in [2.45, 2.75) is 49.8 Å². The van der Waals surface area contributed by atoms with Gasteiger partial charge >= 0.3 is 5.97 Å². The number of aromatic nitrogens is 1. The van der Waals surface area contributed by atoms with E-state index in [-0.39, 0.29) is 11.8 Å². The number of carboxylic acids is 1. The lowest BCUT2D eigenvalue weighted by atomic mass is 9.72. The van der Waals surface area contributed by atoms with Gasteiger partial charge in [-0.3, -0.25) is 9.78 Å². The lowest BCUT2D eigenvalue weighted by Crippen LogP contribution is -2.41. The molecule has 0 radical (unpaired) electrons. The van der Waals surface area contributed by atoms with Crippen molar-refractivity contribution < 1.29 is 14.6 Å². The number of nitrogens with zero attached hydrogens (tertiary/aromatic N) is 2. The summed E-state index contributed by atoms with van der Waals surface area (Å²) in [5, 5.41) is 12.1. The maximum Gasteiger partial charge on any atom is 0.303 e. The number of pyridine rings is 1. The average molecular weight is 562 g/mol. The van der Waals surface area contributed by atoms with Crippen molar-refractivity contribution in [3.63, 3.8) is 0 Å². The first kappa shape index (κ1) is 28.0. The Bertz CT molecular complexity index is 1200. The number of hydrogen-bond donors (Lipinski definition) is 1. The Morgan fingerprint density at radius 2 is 1.89 bits per heavy atom. The highest BCUT2D eigenvalue weighted by molar-refractivity contribution is 7.99. The van der Waals surface area contributed by atoms with E-state index in [1.54, 1.807) is 13.3 Å². The molecule has 0 unspecified atom stereocenters. The highest BCUT2D eigenvalue weighted by Gasteiger charge is 2.36. The van der Waals surface area contributed by atoms with Crippen molar-refractivity contribution in [2.24, 2.45) is 5.41 Å². The molecule has 198 valence electrons. The monoisotopic (exact) mass is 560 g/mol. The second-order valence-electron chi connectivity index (χ2n) is 9.89. The topological polar surface area (TPSA) is 62.7 Å². The zero-order valence-electron chi connectivity index (χ0n) is 21.2. The highest BCUT2D eigenvalue weighted by atomic mass is 35.5. The van der Waals surface area contributed by atoms with Crippen LogP contribution in [0.1, 0.15) is 44.1 Å². The van der Waals surface area contributed by atoms with E-state index in [9.17, 15) is 9.90 Å². The van der Waals surface area contributed by atoms with Gasteiger partial charge in [-0.1, -0.05) is 23.2 Å². The molecule has 3 aromatic rings. The van der Waals surface area contributed by atoms with E-state index in [4.69, 9.17) is 27.9 Å². The molecular formula is C29H34Cl2N2O3S. The molecule has 37 heavy (non-hydrogen) atoms. The van der Waals surface area contributed by atoms with Gasteiger partial charge in [0.15, 0.2) is 0 Å². The number of thioether (sulfide) groups is 1. The smallest absolute Gasteiger partial charge is 0.303 e. The van der Waals surface area contributed by atoms with E-state index in [1.165, 1.54) is 4.90 Å². The number of ether oxygens (including phenoxy) is 1. The number of likely N-dealkylation sites (tertiary alicyclic amines) is 1. The zero-order valence-corrected chi connectivity index (χ0v) is 23.5. The summed E-state index contributed by atoms with van der Waals surface area (Å²) in [6.07, 6.45) is 7.44.